The molecule has 120 valence electrons. The second kappa shape index (κ2) is 7.17. The van der Waals surface area contributed by atoms with E-state index in [9.17, 15) is 19.8 Å². The Morgan fingerprint density at radius 3 is 2.43 bits per heavy atom. The minimum atomic E-state index is -1.02. The Labute approximate surface area is 123 Å². The van der Waals surface area contributed by atoms with E-state index in [2.05, 4.69) is 10.2 Å². The summed E-state index contributed by atoms with van der Waals surface area (Å²) in [6, 6.07) is -1.20. The molecule has 4 N–H and O–H groups in total. The Morgan fingerprint density at radius 2 is 1.86 bits per heavy atom. The molecule has 2 rings (SSSR count). The highest BCUT2D eigenvalue weighted by Crippen LogP contribution is 2.18. The van der Waals surface area contributed by atoms with Crippen LogP contribution in [-0.2, 0) is 9.59 Å². The molecule has 2 aliphatic rings. The lowest BCUT2D eigenvalue weighted by atomic mass is 10.1. The van der Waals surface area contributed by atoms with Gasteiger partial charge in [-0.15, -0.1) is 0 Å². The molecule has 0 aliphatic carbocycles. The maximum absolute atomic E-state index is 12.0. The number of nitrogens with zero attached hydrogens (tertiary/aromatic N) is 2. The molecule has 2 aliphatic heterocycles. The number of aliphatic carboxylic acids is 1. The first-order valence-corrected chi connectivity index (χ1v) is 7.27. The molecule has 2 heterocycles. The Bertz CT molecular complexity index is 386. The summed E-state index contributed by atoms with van der Waals surface area (Å²) in [5.74, 6) is -1.19. The van der Waals surface area contributed by atoms with Gasteiger partial charge < -0.3 is 20.6 Å². The Kier molecular flexibility index (Phi) is 5.51. The molecule has 3 atom stereocenters. The minimum absolute atomic E-state index is 0.171. The number of aliphatic hydroxyl groups excluding tert-OH is 2. The van der Waals surface area contributed by atoms with Crippen molar-refractivity contribution in [3.05, 3.63) is 0 Å². The standard InChI is InChI=1S/C13H23N3O5/c17-8-10-13(21)9(5-16(10)7-12(19)20)14-11(18)6-15-3-1-2-4-15/h9-10,13,17,21H,1-8H2,(H,14,18)(H,19,20)/t9-,10-,13+/m1/s1. The average Bonchev–Trinajstić information content (AvgIpc) is 2.99. The van der Waals surface area contributed by atoms with E-state index in [1.54, 1.807) is 0 Å². The largest absolute Gasteiger partial charge is 0.480 e. The molecule has 0 unspecified atom stereocenters. The van der Waals surface area contributed by atoms with Gasteiger partial charge >= 0.3 is 5.97 Å². The quantitative estimate of drug-likeness (QED) is 0.436. The number of nitrogens with one attached hydrogen (secondary N) is 1. The molecule has 2 saturated heterocycles. The van der Waals surface area contributed by atoms with Crippen molar-refractivity contribution >= 4 is 11.9 Å². The highest BCUT2D eigenvalue weighted by atomic mass is 16.4. The van der Waals surface area contributed by atoms with Gasteiger partial charge in [-0.3, -0.25) is 19.4 Å². The van der Waals surface area contributed by atoms with Gasteiger partial charge in [-0.05, 0) is 25.9 Å². The first kappa shape index (κ1) is 16.2. The van der Waals surface area contributed by atoms with Gasteiger partial charge in [-0.1, -0.05) is 0 Å². The molecule has 8 nitrogen and oxygen atoms in total. The smallest absolute Gasteiger partial charge is 0.317 e. The summed E-state index contributed by atoms with van der Waals surface area (Å²) in [7, 11) is 0. The monoisotopic (exact) mass is 301 g/mol. The van der Waals surface area contributed by atoms with Gasteiger partial charge in [0.1, 0.15) is 0 Å². The van der Waals surface area contributed by atoms with Gasteiger partial charge in [0.25, 0.3) is 0 Å². The Hall–Kier alpha value is -1.22. The second-order valence-electron chi connectivity index (χ2n) is 5.72. The molecule has 0 saturated carbocycles. The molecule has 1 amide bonds. The third kappa shape index (κ3) is 4.13. The minimum Gasteiger partial charge on any atom is -0.480 e. The van der Waals surface area contributed by atoms with Crippen molar-refractivity contribution in [1.82, 2.24) is 15.1 Å². The van der Waals surface area contributed by atoms with Crippen molar-refractivity contribution in [2.45, 2.75) is 31.0 Å². The van der Waals surface area contributed by atoms with Crippen LogP contribution < -0.4 is 5.32 Å². The number of hydrogen-bond donors (Lipinski definition) is 4. The van der Waals surface area contributed by atoms with Crippen molar-refractivity contribution in [2.24, 2.45) is 0 Å². The molecular weight excluding hydrogens is 278 g/mol. The van der Waals surface area contributed by atoms with Gasteiger partial charge in [0, 0.05) is 6.54 Å². The van der Waals surface area contributed by atoms with Crippen LogP contribution in [0.25, 0.3) is 0 Å². The van der Waals surface area contributed by atoms with Crippen LogP contribution in [0.3, 0.4) is 0 Å². The topological polar surface area (TPSA) is 113 Å². The number of carboxylic acid groups (broad SMARTS) is 1. The summed E-state index contributed by atoms with van der Waals surface area (Å²) in [5.41, 5.74) is 0. The number of carbonyl (C=O) groups excluding carboxylic acids is 1. The Balaban J connectivity index is 1.87. The van der Waals surface area contributed by atoms with E-state index in [-0.39, 0.29) is 25.6 Å². The van der Waals surface area contributed by atoms with Crippen molar-refractivity contribution in [3.8, 4) is 0 Å². The molecule has 0 bridgehead atoms. The average molecular weight is 301 g/mol. The highest BCUT2D eigenvalue weighted by Gasteiger charge is 2.41. The van der Waals surface area contributed by atoms with Gasteiger partial charge in [-0.25, -0.2) is 0 Å². The summed E-state index contributed by atoms with van der Waals surface area (Å²) in [6.07, 6.45) is 1.23. The summed E-state index contributed by atoms with van der Waals surface area (Å²) in [5, 5.41) is 31.0. The van der Waals surface area contributed by atoms with Crippen molar-refractivity contribution < 1.29 is 24.9 Å². The van der Waals surface area contributed by atoms with Crippen LogP contribution in [0.4, 0.5) is 0 Å². The lowest BCUT2D eigenvalue weighted by Gasteiger charge is -2.22. The maximum atomic E-state index is 12.0. The van der Waals surface area contributed by atoms with Crippen LogP contribution in [-0.4, -0.2) is 94.5 Å². The molecule has 0 spiro atoms. The number of amides is 1. The fourth-order valence-corrected chi connectivity index (χ4v) is 3.09. The van der Waals surface area contributed by atoms with E-state index in [1.165, 1.54) is 4.90 Å². The number of likely N-dealkylation sites (tertiary alicyclic amines) is 2. The van der Waals surface area contributed by atoms with Gasteiger partial charge in [0.2, 0.25) is 5.91 Å². The normalized spacial score (nSPS) is 30.7. The number of aliphatic hydroxyl groups is 2. The third-order valence-electron chi connectivity index (χ3n) is 4.14. The maximum Gasteiger partial charge on any atom is 0.317 e. The van der Waals surface area contributed by atoms with Crippen LogP contribution >= 0.6 is 0 Å². The van der Waals surface area contributed by atoms with Gasteiger partial charge in [-0.2, -0.15) is 0 Å². The molecule has 0 radical (unpaired) electrons. The molecular formula is C13H23N3O5. The summed E-state index contributed by atoms with van der Waals surface area (Å²) in [6.45, 7) is 1.74. The summed E-state index contributed by atoms with van der Waals surface area (Å²) in [4.78, 5) is 26.3. The zero-order chi connectivity index (χ0) is 15.4. The Morgan fingerprint density at radius 1 is 1.19 bits per heavy atom. The van der Waals surface area contributed by atoms with E-state index >= 15 is 0 Å². The SMILES string of the molecule is O=C(O)CN1C[C@@H](NC(=O)CN2CCCC2)[C@H](O)[C@H]1CO. The molecule has 2 fully saturated rings. The van der Waals surface area contributed by atoms with Crippen LogP contribution in [0.1, 0.15) is 12.8 Å². The van der Waals surface area contributed by atoms with Crippen molar-refractivity contribution in [3.63, 3.8) is 0 Å². The zero-order valence-electron chi connectivity index (χ0n) is 11.9. The molecule has 0 aromatic rings. The molecule has 8 heteroatoms. The lowest BCUT2D eigenvalue weighted by Crippen LogP contribution is -2.48. The van der Waals surface area contributed by atoms with Gasteiger partial charge in [0.15, 0.2) is 0 Å². The fraction of sp³-hybridized carbons (Fsp3) is 0.846. The van der Waals surface area contributed by atoms with E-state index < -0.39 is 24.2 Å². The lowest BCUT2D eigenvalue weighted by molar-refractivity contribution is -0.138. The predicted molar refractivity (Wildman–Crippen MR) is 73.7 cm³/mol. The first-order valence-electron chi connectivity index (χ1n) is 7.27. The number of rotatable bonds is 6. The van der Waals surface area contributed by atoms with Gasteiger partial charge in [0.05, 0.1) is 37.9 Å². The highest BCUT2D eigenvalue weighted by molar-refractivity contribution is 5.78. The summed E-state index contributed by atoms with van der Waals surface area (Å²) >= 11 is 0. The predicted octanol–water partition coefficient (Wildman–Crippen LogP) is -2.31. The molecule has 0 aromatic carbocycles. The van der Waals surface area contributed by atoms with Crippen molar-refractivity contribution in [1.29, 1.82) is 0 Å². The molecule has 0 aromatic heterocycles. The molecule has 21 heavy (non-hydrogen) atoms. The zero-order valence-corrected chi connectivity index (χ0v) is 11.9. The van der Waals surface area contributed by atoms with E-state index in [0.29, 0.717) is 6.54 Å². The van der Waals surface area contributed by atoms with Crippen molar-refractivity contribution in [2.75, 3.05) is 39.3 Å². The number of carboxylic acids is 1. The van der Waals surface area contributed by atoms with E-state index in [1.807, 2.05) is 0 Å². The van der Waals surface area contributed by atoms with Crippen LogP contribution in [0.2, 0.25) is 0 Å². The number of carbonyl (C=O) groups is 2. The van der Waals surface area contributed by atoms with E-state index in [4.69, 9.17) is 5.11 Å². The van der Waals surface area contributed by atoms with Crippen LogP contribution in [0.15, 0.2) is 0 Å². The van der Waals surface area contributed by atoms with Crippen LogP contribution in [0.5, 0.6) is 0 Å². The second-order valence-corrected chi connectivity index (χ2v) is 5.72. The summed E-state index contributed by atoms with van der Waals surface area (Å²) < 4.78 is 0. The fourth-order valence-electron chi connectivity index (χ4n) is 3.09. The third-order valence-corrected chi connectivity index (χ3v) is 4.14. The number of hydrogen-bond acceptors (Lipinski definition) is 6. The van der Waals surface area contributed by atoms with Crippen LogP contribution in [0, 0.1) is 0 Å². The van der Waals surface area contributed by atoms with E-state index in [0.717, 1.165) is 25.9 Å². The first-order chi connectivity index (χ1) is 10.0.